The Balaban J connectivity index is 2.55. The molecule has 1 aromatic rings. The Labute approximate surface area is 122 Å². The molecule has 0 heterocycles. The van der Waals surface area contributed by atoms with E-state index >= 15 is 0 Å². The van der Waals surface area contributed by atoms with Crippen molar-refractivity contribution in [2.45, 2.75) is 40.0 Å². The van der Waals surface area contributed by atoms with Gasteiger partial charge in [0, 0.05) is 28.3 Å². The predicted molar refractivity (Wildman–Crippen MR) is 82.7 cm³/mol. The molecule has 106 valence electrons. The fraction of sp³-hybridized carbons (Fsp3) is 0.571. The molecule has 5 heteroatoms. The first kappa shape index (κ1) is 16.0. The quantitative estimate of drug-likeness (QED) is 0.439. The molecule has 0 unspecified atom stereocenters. The summed E-state index contributed by atoms with van der Waals surface area (Å²) in [5.41, 5.74) is 1.75. The van der Waals surface area contributed by atoms with Crippen molar-refractivity contribution in [3.05, 3.63) is 32.3 Å². The van der Waals surface area contributed by atoms with Gasteiger partial charge in [-0.2, -0.15) is 0 Å². The lowest BCUT2D eigenvalue weighted by molar-refractivity contribution is -0.385. The van der Waals surface area contributed by atoms with Crippen molar-refractivity contribution in [2.24, 2.45) is 5.92 Å². The van der Waals surface area contributed by atoms with Crippen LogP contribution in [0.2, 0.25) is 0 Å². The van der Waals surface area contributed by atoms with E-state index < -0.39 is 0 Å². The number of aryl methyl sites for hydroxylation is 1. The molecule has 19 heavy (non-hydrogen) atoms. The van der Waals surface area contributed by atoms with Gasteiger partial charge in [0.05, 0.1) is 4.92 Å². The fourth-order valence-electron chi connectivity index (χ4n) is 1.90. The van der Waals surface area contributed by atoms with Crippen LogP contribution in [0, 0.1) is 23.0 Å². The third kappa shape index (κ3) is 5.19. The Hall–Kier alpha value is -1.10. The Morgan fingerprint density at radius 2 is 2.05 bits per heavy atom. The minimum Gasteiger partial charge on any atom is -0.384 e. The Morgan fingerprint density at radius 1 is 1.37 bits per heavy atom. The van der Waals surface area contributed by atoms with Gasteiger partial charge in [-0.1, -0.05) is 26.7 Å². The van der Waals surface area contributed by atoms with Gasteiger partial charge in [0.15, 0.2) is 0 Å². The van der Waals surface area contributed by atoms with Crippen LogP contribution in [0.5, 0.6) is 0 Å². The zero-order valence-corrected chi connectivity index (χ0v) is 13.3. The molecule has 0 aliphatic rings. The van der Waals surface area contributed by atoms with E-state index in [1.807, 2.05) is 6.07 Å². The SMILES string of the molecule is Cc1cc(NCCCCC(C)C)c(Br)cc1[N+](=O)[O-]. The summed E-state index contributed by atoms with van der Waals surface area (Å²) in [6.45, 7) is 7.10. The van der Waals surface area contributed by atoms with Gasteiger partial charge < -0.3 is 5.32 Å². The van der Waals surface area contributed by atoms with Crippen molar-refractivity contribution in [3.8, 4) is 0 Å². The molecule has 0 atom stereocenters. The molecule has 0 fully saturated rings. The molecule has 0 amide bonds. The molecule has 4 nitrogen and oxygen atoms in total. The van der Waals surface area contributed by atoms with Crippen LogP contribution in [0.4, 0.5) is 11.4 Å². The summed E-state index contributed by atoms with van der Waals surface area (Å²) in [6.07, 6.45) is 3.55. The minimum atomic E-state index is -0.355. The van der Waals surface area contributed by atoms with Crippen molar-refractivity contribution in [1.82, 2.24) is 0 Å². The molecular formula is C14H21BrN2O2. The molecule has 0 saturated heterocycles. The summed E-state index contributed by atoms with van der Waals surface area (Å²) < 4.78 is 0.744. The van der Waals surface area contributed by atoms with Gasteiger partial charge in [-0.3, -0.25) is 10.1 Å². The fourth-order valence-corrected chi connectivity index (χ4v) is 2.38. The van der Waals surface area contributed by atoms with Gasteiger partial charge in [-0.15, -0.1) is 0 Å². The highest BCUT2D eigenvalue weighted by atomic mass is 79.9. The molecule has 0 spiro atoms. The Kier molecular flexibility index (Phi) is 6.28. The highest BCUT2D eigenvalue weighted by Crippen LogP contribution is 2.30. The lowest BCUT2D eigenvalue weighted by Crippen LogP contribution is -2.04. The molecular weight excluding hydrogens is 308 g/mol. The number of benzene rings is 1. The van der Waals surface area contributed by atoms with Gasteiger partial charge in [0.25, 0.3) is 5.69 Å². The van der Waals surface area contributed by atoms with Gasteiger partial charge in [-0.25, -0.2) is 0 Å². The second-order valence-electron chi connectivity index (χ2n) is 5.19. The van der Waals surface area contributed by atoms with Gasteiger partial charge in [0.1, 0.15) is 0 Å². The molecule has 1 N–H and O–H groups in total. The number of nitrogens with one attached hydrogen (secondary N) is 1. The van der Waals surface area contributed by atoms with E-state index in [1.165, 1.54) is 12.8 Å². The average molecular weight is 329 g/mol. The smallest absolute Gasteiger partial charge is 0.273 e. The van der Waals surface area contributed by atoms with Crippen molar-refractivity contribution < 1.29 is 4.92 Å². The van der Waals surface area contributed by atoms with E-state index in [9.17, 15) is 10.1 Å². The summed E-state index contributed by atoms with van der Waals surface area (Å²) in [7, 11) is 0. The van der Waals surface area contributed by atoms with Crippen LogP contribution in [0.1, 0.15) is 38.7 Å². The van der Waals surface area contributed by atoms with Crippen LogP contribution in [0.25, 0.3) is 0 Å². The van der Waals surface area contributed by atoms with Crippen molar-refractivity contribution in [1.29, 1.82) is 0 Å². The number of hydrogen-bond donors (Lipinski definition) is 1. The third-order valence-corrected chi connectivity index (χ3v) is 3.66. The normalized spacial score (nSPS) is 10.8. The summed E-state index contributed by atoms with van der Waals surface area (Å²) in [5, 5.41) is 14.1. The zero-order chi connectivity index (χ0) is 14.4. The maximum atomic E-state index is 10.8. The maximum Gasteiger partial charge on any atom is 0.273 e. The number of halogens is 1. The van der Waals surface area contributed by atoms with Crippen molar-refractivity contribution in [3.63, 3.8) is 0 Å². The van der Waals surface area contributed by atoms with E-state index in [1.54, 1.807) is 13.0 Å². The van der Waals surface area contributed by atoms with Crippen LogP contribution in [0.15, 0.2) is 16.6 Å². The largest absolute Gasteiger partial charge is 0.384 e. The van der Waals surface area contributed by atoms with E-state index in [-0.39, 0.29) is 10.6 Å². The van der Waals surface area contributed by atoms with Gasteiger partial charge >= 0.3 is 0 Å². The van der Waals surface area contributed by atoms with Crippen molar-refractivity contribution >= 4 is 27.3 Å². The number of nitro benzene ring substituents is 1. The van der Waals surface area contributed by atoms with E-state index in [0.717, 1.165) is 29.0 Å². The first-order valence-electron chi connectivity index (χ1n) is 6.60. The van der Waals surface area contributed by atoms with E-state index in [2.05, 4.69) is 35.1 Å². The molecule has 0 saturated carbocycles. The molecule has 0 bridgehead atoms. The highest BCUT2D eigenvalue weighted by Gasteiger charge is 2.13. The minimum absolute atomic E-state index is 0.150. The maximum absolute atomic E-state index is 10.8. The zero-order valence-electron chi connectivity index (χ0n) is 11.7. The number of unbranched alkanes of at least 4 members (excludes halogenated alkanes) is 1. The van der Waals surface area contributed by atoms with Crippen molar-refractivity contribution in [2.75, 3.05) is 11.9 Å². The molecule has 1 rings (SSSR count). The summed E-state index contributed by atoms with van der Waals surface area (Å²) in [5.74, 6) is 0.744. The topological polar surface area (TPSA) is 55.2 Å². The second-order valence-corrected chi connectivity index (χ2v) is 6.05. The lowest BCUT2D eigenvalue weighted by atomic mass is 10.1. The lowest BCUT2D eigenvalue weighted by Gasteiger charge is -2.10. The predicted octanol–water partition coefficient (Wildman–Crippen LogP) is 4.90. The summed E-state index contributed by atoms with van der Waals surface area (Å²) >= 11 is 3.38. The van der Waals surface area contributed by atoms with Crippen LogP contribution in [-0.4, -0.2) is 11.5 Å². The average Bonchev–Trinajstić information content (AvgIpc) is 2.31. The monoisotopic (exact) mass is 328 g/mol. The Morgan fingerprint density at radius 3 is 2.63 bits per heavy atom. The summed E-state index contributed by atoms with van der Waals surface area (Å²) in [4.78, 5) is 10.5. The molecule has 0 aliphatic carbocycles. The van der Waals surface area contributed by atoms with E-state index in [0.29, 0.717) is 5.56 Å². The number of hydrogen-bond acceptors (Lipinski definition) is 3. The third-order valence-electron chi connectivity index (χ3n) is 3.01. The first-order chi connectivity index (χ1) is 8.91. The van der Waals surface area contributed by atoms with Crippen LogP contribution < -0.4 is 5.32 Å². The molecule has 0 aliphatic heterocycles. The number of anilines is 1. The van der Waals surface area contributed by atoms with Gasteiger partial charge in [-0.05, 0) is 41.3 Å². The highest BCUT2D eigenvalue weighted by molar-refractivity contribution is 9.10. The standard InChI is InChI=1S/C14H21BrN2O2/c1-10(2)6-4-5-7-16-13-8-11(3)14(17(18)19)9-12(13)15/h8-10,16H,4-7H2,1-3H3. The Bertz CT molecular complexity index is 447. The van der Waals surface area contributed by atoms with E-state index in [4.69, 9.17) is 0 Å². The molecule has 0 radical (unpaired) electrons. The number of nitrogens with zero attached hydrogens (tertiary/aromatic N) is 1. The van der Waals surface area contributed by atoms with Crippen LogP contribution in [-0.2, 0) is 0 Å². The molecule has 1 aromatic carbocycles. The van der Waals surface area contributed by atoms with Crippen LogP contribution in [0.3, 0.4) is 0 Å². The summed E-state index contributed by atoms with van der Waals surface area (Å²) in [6, 6.07) is 3.39. The van der Waals surface area contributed by atoms with Gasteiger partial charge in [0.2, 0.25) is 0 Å². The number of nitro groups is 1. The molecule has 0 aromatic heterocycles. The van der Waals surface area contributed by atoms with Crippen LogP contribution >= 0.6 is 15.9 Å². The first-order valence-corrected chi connectivity index (χ1v) is 7.39. The number of rotatable bonds is 7. The second kappa shape index (κ2) is 7.48.